The van der Waals surface area contributed by atoms with Gasteiger partial charge >= 0.3 is 0 Å². The molecule has 0 aromatic heterocycles. The van der Waals surface area contributed by atoms with E-state index in [-0.39, 0.29) is 11.4 Å². The molecule has 1 heterocycles. The number of carbonyl (C=O) groups is 3. The average molecular weight is 516 g/mol. The van der Waals surface area contributed by atoms with Crippen LogP contribution in [-0.2, 0) is 16.2 Å². The van der Waals surface area contributed by atoms with Crippen LogP contribution in [0.15, 0.2) is 83.8 Å². The number of para-hydroxylation sites is 1. The van der Waals surface area contributed by atoms with E-state index >= 15 is 0 Å². The predicted octanol–water partition coefficient (Wildman–Crippen LogP) is 5.79. The van der Waals surface area contributed by atoms with Gasteiger partial charge in [-0.05, 0) is 61.5 Å². The molecule has 1 N–H and O–H groups in total. The normalized spacial score (nSPS) is 14.2. The van der Waals surface area contributed by atoms with Crippen LogP contribution in [0.3, 0.4) is 0 Å². The van der Waals surface area contributed by atoms with Crippen molar-refractivity contribution in [2.24, 2.45) is 0 Å². The monoisotopic (exact) mass is 515 g/mol. The maximum atomic E-state index is 13.1. The van der Waals surface area contributed by atoms with Crippen LogP contribution >= 0.6 is 11.8 Å². The second-order valence-electron chi connectivity index (χ2n) is 8.35. The predicted molar refractivity (Wildman–Crippen MR) is 149 cm³/mol. The first-order chi connectivity index (χ1) is 18.0. The van der Waals surface area contributed by atoms with E-state index in [1.807, 2.05) is 54.6 Å². The van der Waals surface area contributed by atoms with Crippen molar-refractivity contribution in [2.75, 3.05) is 29.9 Å². The zero-order valence-electron chi connectivity index (χ0n) is 20.8. The van der Waals surface area contributed by atoms with E-state index in [0.717, 1.165) is 41.0 Å². The highest BCUT2D eigenvalue weighted by molar-refractivity contribution is 8.18. The van der Waals surface area contributed by atoms with Crippen LogP contribution in [0.25, 0.3) is 6.08 Å². The quantitative estimate of drug-likeness (QED) is 0.345. The van der Waals surface area contributed by atoms with E-state index in [2.05, 4.69) is 24.1 Å². The van der Waals surface area contributed by atoms with Crippen LogP contribution in [-0.4, -0.2) is 41.6 Å². The molecule has 0 aliphatic carbocycles. The smallest absolute Gasteiger partial charge is 0.294 e. The molecular weight excluding hydrogens is 486 g/mol. The number of nitrogens with one attached hydrogen (secondary N) is 1. The molecule has 0 atom stereocenters. The summed E-state index contributed by atoms with van der Waals surface area (Å²) in [5.41, 5.74) is 3.32. The van der Waals surface area contributed by atoms with Crippen molar-refractivity contribution in [1.82, 2.24) is 4.90 Å². The van der Waals surface area contributed by atoms with Crippen molar-refractivity contribution in [3.63, 3.8) is 0 Å². The molecule has 8 heteroatoms. The molecule has 1 saturated heterocycles. The van der Waals surface area contributed by atoms with Gasteiger partial charge in [-0.25, -0.2) is 0 Å². The number of thioether (sulfide) groups is 1. The summed E-state index contributed by atoms with van der Waals surface area (Å²) < 4.78 is 6.18. The summed E-state index contributed by atoms with van der Waals surface area (Å²) in [5, 5.41) is 2.22. The molecule has 3 aromatic rings. The summed E-state index contributed by atoms with van der Waals surface area (Å²) in [7, 11) is 0. The fraction of sp³-hybridized carbons (Fsp3) is 0.207. The first-order valence-corrected chi connectivity index (χ1v) is 13.0. The molecule has 0 bridgehead atoms. The van der Waals surface area contributed by atoms with Crippen molar-refractivity contribution < 1.29 is 19.1 Å². The number of rotatable bonds is 10. The summed E-state index contributed by atoms with van der Waals surface area (Å²) >= 11 is 0.820. The molecule has 0 unspecified atom stereocenters. The number of carbonyl (C=O) groups excluding carboxylic acids is 3. The number of ether oxygens (including phenoxy) is 1. The molecule has 3 amide bonds. The maximum Gasteiger partial charge on any atom is 0.294 e. The summed E-state index contributed by atoms with van der Waals surface area (Å²) in [6.07, 6.45) is 1.66. The number of anilines is 2. The Balaban J connectivity index is 1.55. The maximum absolute atomic E-state index is 13.1. The Kier molecular flexibility index (Phi) is 8.64. The molecule has 1 aliphatic rings. The first-order valence-electron chi connectivity index (χ1n) is 12.1. The highest BCUT2D eigenvalue weighted by Crippen LogP contribution is 2.35. The number of benzene rings is 3. The fourth-order valence-electron chi connectivity index (χ4n) is 3.93. The summed E-state index contributed by atoms with van der Waals surface area (Å²) in [6.45, 7) is 5.88. The molecule has 0 saturated carbocycles. The van der Waals surface area contributed by atoms with Crippen molar-refractivity contribution in [3.8, 4) is 5.75 Å². The highest BCUT2D eigenvalue weighted by Gasteiger charge is 2.36. The van der Waals surface area contributed by atoms with E-state index in [9.17, 15) is 14.4 Å². The van der Waals surface area contributed by atoms with Gasteiger partial charge < -0.3 is 15.0 Å². The molecular formula is C29H29N3O4S. The van der Waals surface area contributed by atoms with Crippen LogP contribution in [0.5, 0.6) is 5.75 Å². The van der Waals surface area contributed by atoms with E-state index in [4.69, 9.17) is 4.74 Å². The number of hydrogen-bond acceptors (Lipinski definition) is 6. The minimum atomic E-state index is -0.500. The number of imide groups is 1. The molecule has 1 aliphatic heterocycles. The Morgan fingerprint density at radius 3 is 2.32 bits per heavy atom. The van der Waals surface area contributed by atoms with Gasteiger partial charge in [0.2, 0.25) is 5.91 Å². The minimum absolute atomic E-state index is 0.248. The number of hydrogen-bond donors (Lipinski definition) is 1. The van der Waals surface area contributed by atoms with E-state index in [0.29, 0.717) is 23.6 Å². The Morgan fingerprint density at radius 1 is 0.973 bits per heavy atom. The molecule has 0 radical (unpaired) electrons. The van der Waals surface area contributed by atoms with Crippen LogP contribution in [0.1, 0.15) is 25.0 Å². The summed E-state index contributed by atoms with van der Waals surface area (Å²) in [4.78, 5) is 41.5. The molecule has 37 heavy (non-hydrogen) atoms. The van der Waals surface area contributed by atoms with Gasteiger partial charge in [0.05, 0.1) is 4.91 Å². The van der Waals surface area contributed by atoms with E-state index in [1.165, 1.54) is 0 Å². The lowest BCUT2D eigenvalue weighted by molar-refractivity contribution is -0.127. The third-order valence-corrected chi connectivity index (χ3v) is 6.79. The Bertz CT molecular complexity index is 1290. The molecule has 3 aromatic carbocycles. The Hall–Kier alpha value is -4.04. The van der Waals surface area contributed by atoms with Crippen molar-refractivity contribution in [3.05, 3.63) is 94.9 Å². The Morgan fingerprint density at radius 2 is 1.65 bits per heavy atom. The summed E-state index contributed by atoms with van der Waals surface area (Å²) in [5.74, 6) is -0.327. The van der Waals surface area contributed by atoms with E-state index < -0.39 is 17.1 Å². The summed E-state index contributed by atoms with van der Waals surface area (Å²) in [6, 6.07) is 24.6. The van der Waals surface area contributed by atoms with Crippen molar-refractivity contribution >= 4 is 46.3 Å². The van der Waals surface area contributed by atoms with Crippen molar-refractivity contribution in [1.29, 1.82) is 0 Å². The SMILES string of the molecule is CCN(CC)c1ccc(/C=C2/SC(=O)N(CC(=O)Nc3ccccc3)C2=O)c(OCc2ccccc2)c1. The topological polar surface area (TPSA) is 79.0 Å². The third kappa shape index (κ3) is 6.59. The number of nitrogens with zero attached hydrogens (tertiary/aromatic N) is 2. The Labute approximate surface area is 221 Å². The zero-order chi connectivity index (χ0) is 26.2. The van der Waals surface area contributed by atoms with Gasteiger partial charge in [0, 0.05) is 36.1 Å². The standard InChI is InChI=1S/C29H29N3O4S/c1-3-31(4-2)24-16-15-22(25(18-24)36-20-21-11-7-5-8-12-21)17-26-28(34)32(29(35)37-26)19-27(33)30-23-13-9-6-10-14-23/h5-18H,3-4,19-20H2,1-2H3,(H,30,33)/b26-17+. The van der Waals surface area contributed by atoms with Gasteiger partial charge in [0.1, 0.15) is 18.9 Å². The second-order valence-corrected chi connectivity index (χ2v) is 9.34. The lowest BCUT2D eigenvalue weighted by atomic mass is 10.1. The largest absolute Gasteiger partial charge is 0.488 e. The molecule has 7 nitrogen and oxygen atoms in total. The van der Waals surface area contributed by atoms with Gasteiger partial charge in [-0.3, -0.25) is 19.3 Å². The van der Waals surface area contributed by atoms with Crippen LogP contribution < -0.4 is 15.0 Å². The first kappa shape index (κ1) is 26.0. The van der Waals surface area contributed by atoms with Crippen LogP contribution in [0.4, 0.5) is 16.2 Å². The van der Waals surface area contributed by atoms with Gasteiger partial charge in [0.15, 0.2) is 0 Å². The van der Waals surface area contributed by atoms with Gasteiger partial charge in [-0.1, -0.05) is 48.5 Å². The van der Waals surface area contributed by atoms with Crippen LogP contribution in [0.2, 0.25) is 0 Å². The van der Waals surface area contributed by atoms with Gasteiger partial charge in [-0.2, -0.15) is 0 Å². The second kappa shape index (κ2) is 12.3. The van der Waals surface area contributed by atoms with E-state index in [1.54, 1.807) is 30.3 Å². The third-order valence-electron chi connectivity index (χ3n) is 5.88. The average Bonchev–Trinajstić information content (AvgIpc) is 3.17. The fourth-order valence-corrected chi connectivity index (χ4v) is 4.76. The molecule has 190 valence electrons. The lowest BCUT2D eigenvalue weighted by Gasteiger charge is -2.22. The zero-order valence-corrected chi connectivity index (χ0v) is 21.7. The molecule has 1 fully saturated rings. The molecule has 0 spiro atoms. The minimum Gasteiger partial charge on any atom is -0.488 e. The van der Waals surface area contributed by atoms with Gasteiger partial charge in [0.25, 0.3) is 11.1 Å². The van der Waals surface area contributed by atoms with Crippen molar-refractivity contribution in [2.45, 2.75) is 20.5 Å². The molecule has 4 rings (SSSR count). The lowest BCUT2D eigenvalue weighted by Crippen LogP contribution is -2.36. The van der Waals surface area contributed by atoms with Gasteiger partial charge in [-0.15, -0.1) is 0 Å². The highest BCUT2D eigenvalue weighted by atomic mass is 32.2. The number of amides is 3. The van der Waals surface area contributed by atoms with Crippen LogP contribution in [0, 0.1) is 0 Å².